The Morgan fingerprint density at radius 3 is 2.85 bits per heavy atom. The molecule has 0 spiro atoms. The molecular formula is C17H20FN5O2S. The highest BCUT2D eigenvalue weighted by Crippen LogP contribution is 2.22. The van der Waals surface area contributed by atoms with Gasteiger partial charge in [-0.2, -0.15) is 0 Å². The quantitative estimate of drug-likeness (QED) is 0.793. The number of likely N-dealkylation sites (tertiary alicyclic amines) is 1. The first-order valence-electron chi connectivity index (χ1n) is 8.34. The van der Waals surface area contributed by atoms with Crippen LogP contribution in [0.4, 0.5) is 9.52 Å². The zero-order valence-electron chi connectivity index (χ0n) is 14.1. The van der Waals surface area contributed by atoms with E-state index in [9.17, 15) is 14.0 Å². The lowest BCUT2D eigenvalue weighted by Crippen LogP contribution is -2.43. The minimum atomic E-state index is -1.07. The number of aromatic nitrogens is 2. The fraction of sp³-hybridized carbons (Fsp3) is 0.412. The van der Waals surface area contributed by atoms with Gasteiger partial charge in [0.25, 0.3) is 5.91 Å². The molecule has 2 amide bonds. The SMILES string of the molecule is Nc1nc(CCC(=O)N2C[C@@H](F)C[C@H]2CNC(=O)c2ccncc2)cs1. The number of pyridine rings is 1. The van der Waals surface area contributed by atoms with Crippen molar-refractivity contribution in [1.82, 2.24) is 20.2 Å². The van der Waals surface area contributed by atoms with E-state index in [4.69, 9.17) is 5.73 Å². The predicted molar refractivity (Wildman–Crippen MR) is 96.4 cm³/mol. The average molecular weight is 377 g/mol. The molecular weight excluding hydrogens is 357 g/mol. The number of alkyl halides is 1. The number of anilines is 1. The van der Waals surface area contributed by atoms with Gasteiger partial charge in [-0.15, -0.1) is 11.3 Å². The van der Waals surface area contributed by atoms with Gasteiger partial charge in [0.05, 0.1) is 18.3 Å². The van der Waals surface area contributed by atoms with E-state index in [1.54, 1.807) is 12.1 Å². The van der Waals surface area contributed by atoms with Gasteiger partial charge in [-0.1, -0.05) is 0 Å². The first-order chi connectivity index (χ1) is 12.5. The Kier molecular flexibility index (Phi) is 5.77. The topological polar surface area (TPSA) is 101 Å². The van der Waals surface area contributed by atoms with Gasteiger partial charge in [0.15, 0.2) is 5.13 Å². The number of amides is 2. The summed E-state index contributed by atoms with van der Waals surface area (Å²) in [6.45, 7) is 0.283. The predicted octanol–water partition coefficient (Wildman–Crippen LogP) is 1.42. The second kappa shape index (κ2) is 8.22. The maximum atomic E-state index is 13.9. The van der Waals surface area contributed by atoms with E-state index in [1.807, 2.05) is 5.38 Å². The van der Waals surface area contributed by atoms with Gasteiger partial charge in [-0.05, 0) is 18.6 Å². The van der Waals surface area contributed by atoms with Crippen LogP contribution in [0.2, 0.25) is 0 Å². The molecule has 7 nitrogen and oxygen atoms in total. The number of rotatable bonds is 6. The average Bonchev–Trinajstić information content (AvgIpc) is 3.23. The number of carbonyl (C=O) groups is 2. The van der Waals surface area contributed by atoms with Crippen LogP contribution in [0.25, 0.3) is 0 Å². The third-order valence-electron chi connectivity index (χ3n) is 4.29. The summed E-state index contributed by atoms with van der Waals surface area (Å²) < 4.78 is 13.9. The van der Waals surface area contributed by atoms with E-state index < -0.39 is 6.17 Å². The summed E-state index contributed by atoms with van der Waals surface area (Å²) in [7, 11) is 0. The number of nitrogens with two attached hydrogens (primary N) is 1. The molecule has 0 unspecified atom stereocenters. The van der Waals surface area contributed by atoms with Crippen LogP contribution in [-0.2, 0) is 11.2 Å². The van der Waals surface area contributed by atoms with E-state index in [-0.39, 0.29) is 43.8 Å². The van der Waals surface area contributed by atoms with E-state index in [1.165, 1.54) is 28.6 Å². The van der Waals surface area contributed by atoms with Crippen LogP contribution < -0.4 is 11.1 Å². The van der Waals surface area contributed by atoms with Gasteiger partial charge in [0.1, 0.15) is 6.17 Å². The van der Waals surface area contributed by atoms with Crippen molar-refractivity contribution in [2.45, 2.75) is 31.5 Å². The van der Waals surface area contributed by atoms with Crippen LogP contribution in [0, 0.1) is 0 Å². The highest BCUT2D eigenvalue weighted by Gasteiger charge is 2.35. The summed E-state index contributed by atoms with van der Waals surface area (Å²) in [5.74, 6) is -0.403. The van der Waals surface area contributed by atoms with E-state index in [0.29, 0.717) is 17.1 Å². The van der Waals surface area contributed by atoms with Crippen molar-refractivity contribution < 1.29 is 14.0 Å². The van der Waals surface area contributed by atoms with Crippen molar-refractivity contribution in [2.24, 2.45) is 0 Å². The van der Waals surface area contributed by atoms with E-state index in [2.05, 4.69) is 15.3 Å². The monoisotopic (exact) mass is 377 g/mol. The number of hydrogen-bond donors (Lipinski definition) is 2. The van der Waals surface area contributed by atoms with Crippen molar-refractivity contribution in [3.05, 3.63) is 41.2 Å². The van der Waals surface area contributed by atoms with Crippen LogP contribution in [0.1, 0.15) is 28.9 Å². The molecule has 0 saturated carbocycles. The maximum Gasteiger partial charge on any atom is 0.251 e. The molecule has 1 fully saturated rings. The highest BCUT2D eigenvalue weighted by atomic mass is 32.1. The lowest BCUT2D eigenvalue weighted by Gasteiger charge is -2.24. The molecule has 0 aliphatic carbocycles. The lowest BCUT2D eigenvalue weighted by molar-refractivity contribution is -0.132. The molecule has 1 aliphatic heterocycles. The standard InChI is InChI=1S/C17H20FN5O2S/c18-12-7-14(8-21-16(25)11-3-5-20-6-4-11)23(9-12)15(24)2-1-13-10-26-17(19)22-13/h3-6,10,12,14H,1-2,7-9H2,(H2,19,22)(H,21,25)/t12-,14-/m0/s1. The van der Waals surface area contributed by atoms with Gasteiger partial charge < -0.3 is 16.0 Å². The Balaban J connectivity index is 1.54. The van der Waals surface area contributed by atoms with Crippen LogP contribution in [-0.4, -0.2) is 52.0 Å². The Hall–Kier alpha value is -2.55. The number of aryl methyl sites for hydroxylation is 1. The molecule has 2 atom stereocenters. The summed E-state index contributed by atoms with van der Waals surface area (Å²) in [6.07, 6.45) is 2.93. The largest absolute Gasteiger partial charge is 0.375 e. The molecule has 0 aromatic carbocycles. The first-order valence-corrected chi connectivity index (χ1v) is 9.22. The summed E-state index contributed by atoms with van der Waals surface area (Å²) in [5.41, 5.74) is 6.83. The normalized spacial score (nSPS) is 19.5. The molecule has 0 radical (unpaired) electrons. The van der Waals surface area contributed by atoms with Gasteiger partial charge in [0.2, 0.25) is 5.91 Å². The van der Waals surface area contributed by atoms with Crippen molar-refractivity contribution in [3.8, 4) is 0 Å². The van der Waals surface area contributed by atoms with Gasteiger partial charge >= 0.3 is 0 Å². The number of thiazole rings is 1. The number of hydrogen-bond acceptors (Lipinski definition) is 6. The Morgan fingerprint density at radius 2 is 2.15 bits per heavy atom. The number of nitrogens with one attached hydrogen (secondary N) is 1. The van der Waals surface area contributed by atoms with Gasteiger partial charge in [-0.3, -0.25) is 14.6 Å². The third kappa shape index (κ3) is 4.54. The smallest absolute Gasteiger partial charge is 0.251 e. The highest BCUT2D eigenvalue weighted by molar-refractivity contribution is 7.13. The molecule has 2 aromatic rings. The van der Waals surface area contributed by atoms with Gasteiger partial charge in [-0.25, -0.2) is 9.37 Å². The summed E-state index contributed by atoms with van der Waals surface area (Å²) >= 11 is 1.33. The number of halogens is 1. The second-order valence-corrected chi connectivity index (χ2v) is 7.05. The minimum Gasteiger partial charge on any atom is -0.375 e. The summed E-state index contributed by atoms with van der Waals surface area (Å²) in [5, 5.41) is 5.05. The number of nitrogen functional groups attached to an aromatic ring is 1. The lowest BCUT2D eigenvalue weighted by atomic mass is 10.1. The van der Waals surface area contributed by atoms with E-state index >= 15 is 0 Å². The van der Waals surface area contributed by atoms with Gasteiger partial charge in [0, 0.05) is 42.7 Å². The second-order valence-electron chi connectivity index (χ2n) is 6.16. The minimum absolute atomic E-state index is 0.0633. The third-order valence-corrected chi connectivity index (χ3v) is 5.01. The van der Waals surface area contributed by atoms with Crippen molar-refractivity contribution >= 4 is 28.3 Å². The van der Waals surface area contributed by atoms with Crippen LogP contribution in [0.3, 0.4) is 0 Å². The zero-order valence-corrected chi connectivity index (χ0v) is 14.9. The molecule has 3 heterocycles. The Bertz CT molecular complexity index is 770. The summed E-state index contributed by atoms with van der Waals surface area (Å²) in [6, 6.07) is 2.86. The molecule has 1 aliphatic rings. The Morgan fingerprint density at radius 1 is 1.38 bits per heavy atom. The summed E-state index contributed by atoms with van der Waals surface area (Å²) in [4.78, 5) is 34.1. The van der Waals surface area contributed by atoms with Crippen molar-refractivity contribution in [1.29, 1.82) is 0 Å². The van der Waals surface area contributed by atoms with Crippen LogP contribution in [0.15, 0.2) is 29.9 Å². The molecule has 3 N–H and O–H groups in total. The molecule has 138 valence electrons. The first kappa shape index (κ1) is 18.2. The molecule has 1 saturated heterocycles. The Labute approximate surface area is 154 Å². The number of nitrogens with zero attached hydrogens (tertiary/aromatic N) is 3. The fourth-order valence-electron chi connectivity index (χ4n) is 2.99. The maximum absolute atomic E-state index is 13.9. The molecule has 3 rings (SSSR count). The molecule has 26 heavy (non-hydrogen) atoms. The van der Waals surface area contributed by atoms with E-state index in [0.717, 1.165) is 5.69 Å². The van der Waals surface area contributed by atoms with Crippen molar-refractivity contribution in [2.75, 3.05) is 18.8 Å². The number of carbonyl (C=O) groups excluding carboxylic acids is 2. The van der Waals surface area contributed by atoms with Crippen LogP contribution in [0.5, 0.6) is 0 Å². The zero-order chi connectivity index (χ0) is 18.5. The fourth-order valence-corrected chi connectivity index (χ4v) is 3.59. The van der Waals surface area contributed by atoms with Crippen LogP contribution >= 0.6 is 11.3 Å². The molecule has 0 bridgehead atoms. The molecule has 2 aromatic heterocycles. The van der Waals surface area contributed by atoms with Crippen molar-refractivity contribution in [3.63, 3.8) is 0 Å². The molecule has 9 heteroatoms.